The molecule has 0 atom stereocenters. The number of fused-ring (bicyclic) bond motifs is 1. The zero-order chi connectivity index (χ0) is 19.5. The second kappa shape index (κ2) is 7.72. The second-order valence-corrected chi connectivity index (χ2v) is 6.85. The van der Waals surface area contributed by atoms with Gasteiger partial charge in [-0.25, -0.2) is 4.98 Å². The normalized spacial score (nSPS) is 11.1. The maximum absolute atomic E-state index is 12.7. The van der Waals surface area contributed by atoms with Gasteiger partial charge in [0.1, 0.15) is 12.0 Å². The van der Waals surface area contributed by atoms with E-state index < -0.39 is 0 Å². The molecule has 0 radical (unpaired) electrons. The molecule has 2 heterocycles. The number of hydrogen-bond donors (Lipinski definition) is 1. The number of benzene rings is 2. The lowest BCUT2D eigenvalue weighted by molar-refractivity contribution is 0.0945. The predicted molar refractivity (Wildman–Crippen MR) is 110 cm³/mol. The van der Waals surface area contributed by atoms with Crippen LogP contribution in [0.3, 0.4) is 0 Å². The van der Waals surface area contributed by atoms with E-state index in [9.17, 15) is 4.79 Å². The van der Waals surface area contributed by atoms with Crippen molar-refractivity contribution in [1.82, 2.24) is 14.9 Å². The van der Waals surface area contributed by atoms with Crippen molar-refractivity contribution in [1.29, 1.82) is 0 Å². The largest absolute Gasteiger partial charge is 0.444 e. The first-order valence-corrected chi connectivity index (χ1v) is 9.53. The number of carbonyl (C=O) groups is 1. The summed E-state index contributed by atoms with van der Waals surface area (Å²) in [5, 5.41) is 4.08. The number of amides is 1. The van der Waals surface area contributed by atoms with E-state index in [1.165, 1.54) is 5.56 Å². The van der Waals surface area contributed by atoms with Crippen LogP contribution in [0.25, 0.3) is 22.4 Å². The molecule has 2 aromatic carbocycles. The first-order valence-electron chi connectivity index (χ1n) is 9.53. The quantitative estimate of drug-likeness (QED) is 0.537. The predicted octanol–water partition coefficient (Wildman–Crippen LogP) is 4.60. The molecule has 0 saturated heterocycles. The van der Waals surface area contributed by atoms with Crippen LogP contribution in [0.5, 0.6) is 0 Å². The third-order valence-corrected chi connectivity index (χ3v) is 4.88. The molecule has 0 bridgehead atoms. The summed E-state index contributed by atoms with van der Waals surface area (Å²) >= 11 is 0. The molecule has 4 aromatic rings. The first kappa shape index (κ1) is 18.0. The zero-order valence-electron chi connectivity index (χ0n) is 16.1. The van der Waals surface area contributed by atoms with Gasteiger partial charge in [-0.2, -0.15) is 0 Å². The van der Waals surface area contributed by atoms with Crippen molar-refractivity contribution in [2.45, 2.75) is 26.8 Å². The molecule has 5 heteroatoms. The molecule has 0 aliphatic rings. The minimum atomic E-state index is -0.0692. The summed E-state index contributed by atoms with van der Waals surface area (Å²) < 4.78 is 7.62. The molecule has 1 N–H and O–H groups in total. The van der Waals surface area contributed by atoms with E-state index in [1.807, 2.05) is 73.0 Å². The molecule has 1 amide bonds. The Balaban J connectivity index is 1.40. The maximum atomic E-state index is 12.7. The standard InChI is InChI=1S/C23H23N3O2/c1-3-26-20-7-5-4-6-18(20)14-21(26)22(27)24-13-12-19-15-28-23(25-19)17-10-8-16(2)9-11-17/h4-11,14-15H,3,12-13H2,1-2H3,(H,24,27). The summed E-state index contributed by atoms with van der Waals surface area (Å²) in [7, 11) is 0. The molecule has 4 rings (SSSR count). The van der Waals surface area contributed by atoms with Gasteiger partial charge in [0.25, 0.3) is 5.91 Å². The average molecular weight is 373 g/mol. The Morgan fingerprint density at radius 1 is 1.14 bits per heavy atom. The maximum Gasteiger partial charge on any atom is 0.267 e. The van der Waals surface area contributed by atoms with E-state index in [1.54, 1.807) is 6.26 Å². The van der Waals surface area contributed by atoms with Crippen molar-refractivity contribution < 1.29 is 9.21 Å². The first-order chi connectivity index (χ1) is 13.7. The fraction of sp³-hybridized carbons (Fsp3) is 0.217. The number of para-hydroxylation sites is 1. The van der Waals surface area contributed by atoms with E-state index in [0.717, 1.165) is 28.7 Å². The van der Waals surface area contributed by atoms with Crippen molar-refractivity contribution >= 4 is 16.8 Å². The third kappa shape index (κ3) is 3.56. The molecule has 142 valence electrons. The fourth-order valence-electron chi connectivity index (χ4n) is 3.38. The highest BCUT2D eigenvalue weighted by Crippen LogP contribution is 2.20. The van der Waals surface area contributed by atoms with Crippen molar-refractivity contribution in [2.75, 3.05) is 6.54 Å². The topological polar surface area (TPSA) is 60.1 Å². The monoisotopic (exact) mass is 373 g/mol. The van der Waals surface area contributed by atoms with Gasteiger partial charge in [-0.15, -0.1) is 0 Å². The second-order valence-electron chi connectivity index (χ2n) is 6.85. The molecule has 0 saturated carbocycles. The highest BCUT2D eigenvalue weighted by molar-refractivity contribution is 5.98. The Hall–Kier alpha value is -3.34. The van der Waals surface area contributed by atoms with Gasteiger partial charge in [-0.3, -0.25) is 4.79 Å². The Bertz CT molecular complexity index is 1110. The van der Waals surface area contributed by atoms with Crippen molar-refractivity contribution in [3.8, 4) is 11.5 Å². The lowest BCUT2D eigenvalue weighted by atomic mass is 10.1. The Labute approximate surface area is 164 Å². The van der Waals surface area contributed by atoms with Gasteiger partial charge in [0.15, 0.2) is 0 Å². The summed E-state index contributed by atoms with van der Waals surface area (Å²) in [5.74, 6) is 0.535. The van der Waals surface area contributed by atoms with Gasteiger partial charge in [0, 0.05) is 36.0 Å². The summed E-state index contributed by atoms with van der Waals surface area (Å²) in [4.78, 5) is 17.2. The number of aryl methyl sites for hydroxylation is 2. The third-order valence-electron chi connectivity index (χ3n) is 4.88. The fourth-order valence-corrected chi connectivity index (χ4v) is 3.38. The molecule has 0 spiro atoms. The summed E-state index contributed by atoms with van der Waals surface area (Å²) in [6.07, 6.45) is 2.28. The summed E-state index contributed by atoms with van der Waals surface area (Å²) in [6, 6.07) is 18.1. The van der Waals surface area contributed by atoms with Crippen LogP contribution in [-0.2, 0) is 13.0 Å². The van der Waals surface area contributed by atoms with Crippen LogP contribution in [0.15, 0.2) is 65.3 Å². The molecule has 0 aliphatic carbocycles. The Kier molecular flexibility index (Phi) is 4.98. The van der Waals surface area contributed by atoms with Gasteiger partial charge in [-0.05, 0) is 38.1 Å². The van der Waals surface area contributed by atoms with Crippen LogP contribution in [0.4, 0.5) is 0 Å². The Morgan fingerprint density at radius 3 is 2.71 bits per heavy atom. The van der Waals surface area contributed by atoms with Gasteiger partial charge in [-0.1, -0.05) is 35.9 Å². The Morgan fingerprint density at radius 2 is 1.93 bits per heavy atom. The van der Waals surface area contributed by atoms with Crippen LogP contribution in [0.1, 0.15) is 28.7 Å². The molecule has 0 fully saturated rings. The average Bonchev–Trinajstić information content (AvgIpc) is 3.33. The number of oxazole rings is 1. The zero-order valence-corrected chi connectivity index (χ0v) is 16.1. The molecular formula is C23H23N3O2. The van der Waals surface area contributed by atoms with E-state index >= 15 is 0 Å². The molecule has 0 aliphatic heterocycles. The van der Waals surface area contributed by atoms with Crippen molar-refractivity contribution in [3.63, 3.8) is 0 Å². The van der Waals surface area contributed by atoms with E-state index in [-0.39, 0.29) is 5.91 Å². The number of aromatic nitrogens is 2. The van der Waals surface area contributed by atoms with E-state index in [0.29, 0.717) is 24.6 Å². The number of rotatable bonds is 6. The lowest BCUT2D eigenvalue weighted by Gasteiger charge is -2.08. The molecule has 0 unspecified atom stereocenters. The minimum absolute atomic E-state index is 0.0692. The van der Waals surface area contributed by atoms with Gasteiger partial charge >= 0.3 is 0 Å². The molecule has 28 heavy (non-hydrogen) atoms. The lowest BCUT2D eigenvalue weighted by Crippen LogP contribution is -2.27. The van der Waals surface area contributed by atoms with Gasteiger partial charge in [0.2, 0.25) is 5.89 Å². The van der Waals surface area contributed by atoms with E-state index in [4.69, 9.17) is 4.42 Å². The van der Waals surface area contributed by atoms with Crippen LogP contribution in [0, 0.1) is 6.92 Å². The van der Waals surface area contributed by atoms with Crippen molar-refractivity contribution in [3.05, 3.63) is 77.8 Å². The minimum Gasteiger partial charge on any atom is -0.444 e. The molecule has 2 aromatic heterocycles. The number of nitrogens with one attached hydrogen (secondary N) is 1. The van der Waals surface area contributed by atoms with Gasteiger partial charge in [0.05, 0.1) is 5.69 Å². The SMILES string of the molecule is CCn1c(C(=O)NCCc2coc(-c3ccc(C)cc3)n2)cc2ccccc21. The van der Waals surface area contributed by atoms with Crippen LogP contribution in [-0.4, -0.2) is 22.0 Å². The number of hydrogen-bond acceptors (Lipinski definition) is 3. The smallest absolute Gasteiger partial charge is 0.267 e. The highest BCUT2D eigenvalue weighted by Gasteiger charge is 2.14. The van der Waals surface area contributed by atoms with Gasteiger partial charge < -0.3 is 14.3 Å². The van der Waals surface area contributed by atoms with Crippen LogP contribution in [0.2, 0.25) is 0 Å². The van der Waals surface area contributed by atoms with Crippen LogP contribution < -0.4 is 5.32 Å². The molecule has 5 nitrogen and oxygen atoms in total. The summed E-state index contributed by atoms with van der Waals surface area (Å²) in [6.45, 7) is 5.35. The number of carbonyl (C=O) groups excluding carboxylic acids is 1. The van der Waals surface area contributed by atoms with E-state index in [2.05, 4.69) is 10.3 Å². The highest BCUT2D eigenvalue weighted by atomic mass is 16.3. The molecular weight excluding hydrogens is 350 g/mol. The van der Waals surface area contributed by atoms with Crippen molar-refractivity contribution in [2.24, 2.45) is 0 Å². The number of nitrogens with zero attached hydrogens (tertiary/aromatic N) is 2. The summed E-state index contributed by atoms with van der Waals surface area (Å²) in [5.41, 5.74) is 4.74. The van der Waals surface area contributed by atoms with Crippen LogP contribution >= 0.6 is 0 Å².